The number of halogens is 1. The first-order chi connectivity index (χ1) is 8.00. The number of nitrogens with zero attached hydrogens (tertiary/aromatic N) is 3. The van der Waals surface area contributed by atoms with Gasteiger partial charge in [-0.15, -0.1) is 5.10 Å². The monoisotopic (exact) mass is 298 g/mol. The van der Waals surface area contributed by atoms with Crippen LogP contribution in [0.25, 0.3) is 5.65 Å². The van der Waals surface area contributed by atoms with Gasteiger partial charge in [-0.3, -0.25) is 0 Å². The fourth-order valence-corrected chi connectivity index (χ4v) is 1.94. The molecule has 0 saturated heterocycles. The minimum absolute atomic E-state index is 0.198. The number of rotatable bonds is 4. The highest BCUT2D eigenvalue weighted by molar-refractivity contribution is 9.10. The van der Waals surface area contributed by atoms with Crippen LogP contribution in [0.4, 0.5) is 5.95 Å². The molecule has 2 heterocycles. The van der Waals surface area contributed by atoms with E-state index in [1.54, 1.807) is 11.6 Å². The van der Waals surface area contributed by atoms with Crippen LogP contribution in [0.3, 0.4) is 0 Å². The molecule has 2 rings (SSSR count). The van der Waals surface area contributed by atoms with E-state index in [1.807, 2.05) is 32.2 Å². The van der Waals surface area contributed by atoms with Crippen molar-refractivity contribution in [1.29, 1.82) is 0 Å². The molecule has 2 aromatic rings. The van der Waals surface area contributed by atoms with Gasteiger partial charge in [0, 0.05) is 17.8 Å². The average molecular weight is 299 g/mol. The summed E-state index contributed by atoms with van der Waals surface area (Å²) >= 11 is 3.40. The van der Waals surface area contributed by atoms with E-state index in [1.165, 1.54) is 0 Å². The Morgan fingerprint density at radius 1 is 1.47 bits per heavy atom. The Morgan fingerprint density at radius 2 is 2.24 bits per heavy atom. The third kappa shape index (κ3) is 2.95. The molecule has 5 nitrogen and oxygen atoms in total. The van der Waals surface area contributed by atoms with Crippen molar-refractivity contribution in [2.24, 2.45) is 0 Å². The summed E-state index contributed by atoms with van der Waals surface area (Å²) in [5.41, 5.74) is 0.612. The molecule has 0 bridgehead atoms. The fourth-order valence-electron chi connectivity index (χ4n) is 1.61. The van der Waals surface area contributed by atoms with Crippen molar-refractivity contribution in [3.63, 3.8) is 0 Å². The van der Waals surface area contributed by atoms with E-state index < -0.39 is 0 Å². The molecule has 0 fully saturated rings. The van der Waals surface area contributed by atoms with E-state index in [-0.39, 0.29) is 5.54 Å². The van der Waals surface area contributed by atoms with Crippen LogP contribution in [0.2, 0.25) is 0 Å². The SMILES string of the molecule is COCC(C)(C)Nc1nc2ccc(Br)cn2n1. The first-order valence-electron chi connectivity index (χ1n) is 5.29. The summed E-state index contributed by atoms with van der Waals surface area (Å²) in [4.78, 5) is 4.39. The van der Waals surface area contributed by atoms with Gasteiger partial charge in [0.25, 0.3) is 0 Å². The zero-order valence-corrected chi connectivity index (χ0v) is 11.7. The van der Waals surface area contributed by atoms with Gasteiger partial charge in [0.05, 0.1) is 12.1 Å². The first-order valence-corrected chi connectivity index (χ1v) is 6.08. The van der Waals surface area contributed by atoms with Crippen molar-refractivity contribution in [3.8, 4) is 0 Å². The first kappa shape index (κ1) is 12.3. The Hall–Kier alpha value is -1.14. The van der Waals surface area contributed by atoms with Gasteiger partial charge in [-0.2, -0.15) is 4.98 Å². The zero-order chi connectivity index (χ0) is 12.5. The number of pyridine rings is 1. The summed E-state index contributed by atoms with van der Waals surface area (Å²) in [6.45, 7) is 4.67. The lowest BCUT2D eigenvalue weighted by atomic mass is 10.1. The summed E-state index contributed by atoms with van der Waals surface area (Å²) < 4.78 is 7.84. The smallest absolute Gasteiger partial charge is 0.243 e. The number of aromatic nitrogens is 3. The van der Waals surface area contributed by atoms with E-state index in [0.717, 1.165) is 10.1 Å². The lowest BCUT2D eigenvalue weighted by Gasteiger charge is -2.23. The van der Waals surface area contributed by atoms with Gasteiger partial charge in [-0.1, -0.05) is 0 Å². The highest BCUT2D eigenvalue weighted by Crippen LogP contribution is 2.15. The maximum absolute atomic E-state index is 5.14. The largest absolute Gasteiger partial charge is 0.382 e. The molecule has 0 saturated carbocycles. The van der Waals surface area contributed by atoms with E-state index in [2.05, 4.69) is 31.3 Å². The maximum Gasteiger partial charge on any atom is 0.243 e. The number of nitrogens with one attached hydrogen (secondary N) is 1. The summed E-state index contributed by atoms with van der Waals surface area (Å²) in [5.74, 6) is 0.602. The molecule has 6 heteroatoms. The summed E-state index contributed by atoms with van der Waals surface area (Å²) in [5, 5.41) is 7.59. The second kappa shape index (κ2) is 4.62. The third-order valence-electron chi connectivity index (χ3n) is 2.25. The molecule has 0 atom stereocenters. The predicted octanol–water partition coefficient (Wildman–Crippen LogP) is 2.33. The number of anilines is 1. The number of methoxy groups -OCH3 is 1. The van der Waals surface area contributed by atoms with Gasteiger partial charge in [-0.25, -0.2) is 4.52 Å². The van der Waals surface area contributed by atoms with Crippen LogP contribution < -0.4 is 5.32 Å². The summed E-state index contributed by atoms with van der Waals surface area (Å²) in [6.07, 6.45) is 1.87. The normalized spacial score (nSPS) is 12.0. The van der Waals surface area contributed by atoms with Crippen LogP contribution in [-0.4, -0.2) is 33.9 Å². The predicted molar refractivity (Wildman–Crippen MR) is 70.3 cm³/mol. The minimum Gasteiger partial charge on any atom is -0.382 e. The van der Waals surface area contributed by atoms with Crippen LogP contribution in [-0.2, 0) is 4.74 Å². The van der Waals surface area contributed by atoms with Gasteiger partial charge >= 0.3 is 0 Å². The van der Waals surface area contributed by atoms with Gasteiger partial charge in [0.2, 0.25) is 5.95 Å². The molecule has 1 N–H and O–H groups in total. The molecule has 92 valence electrons. The topological polar surface area (TPSA) is 51.5 Å². The van der Waals surface area contributed by atoms with Gasteiger partial charge in [0.15, 0.2) is 5.65 Å². The fraction of sp³-hybridized carbons (Fsp3) is 0.455. The van der Waals surface area contributed by atoms with E-state index >= 15 is 0 Å². The van der Waals surface area contributed by atoms with Gasteiger partial charge in [-0.05, 0) is 41.9 Å². The van der Waals surface area contributed by atoms with E-state index in [4.69, 9.17) is 4.74 Å². The lowest BCUT2D eigenvalue weighted by molar-refractivity contribution is 0.158. The van der Waals surface area contributed by atoms with Crippen molar-refractivity contribution < 1.29 is 4.74 Å². The molecule has 0 aliphatic rings. The lowest BCUT2D eigenvalue weighted by Crippen LogP contribution is -2.36. The number of ether oxygens (including phenoxy) is 1. The molecule has 0 aliphatic heterocycles. The van der Waals surface area contributed by atoms with Crippen LogP contribution in [0.1, 0.15) is 13.8 Å². The van der Waals surface area contributed by atoms with Crippen LogP contribution >= 0.6 is 15.9 Å². The number of hydrogen-bond acceptors (Lipinski definition) is 4. The zero-order valence-electron chi connectivity index (χ0n) is 10.1. The Balaban J connectivity index is 2.25. The van der Waals surface area contributed by atoms with Crippen molar-refractivity contribution in [1.82, 2.24) is 14.6 Å². The quantitative estimate of drug-likeness (QED) is 0.941. The minimum atomic E-state index is -0.198. The molecule has 0 amide bonds. The standard InChI is InChI=1S/C11H15BrN4O/c1-11(2,7-17-3)14-10-13-9-5-4-8(12)6-16(9)15-10/h4-6H,7H2,1-3H3,(H,14,15). The third-order valence-corrected chi connectivity index (χ3v) is 2.72. The summed E-state index contributed by atoms with van der Waals surface area (Å²) in [7, 11) is 1.68. The maximum atomic E-state index is 5.14. The average Bonchev–Trinajstić information content (AvgIpc) is 2.57. The molecule has 0 radical (unpaired) electrons. The molecule has 17 heavy (non-hydrogen) atoms. The molecular weight excluding hydrogens is 284 g/mol. The molecule has 0 aromatic carbocycles. The van der Waals surface area contributed by atoms with Crippen molar-refractivity contribution in [3.05, 3.63) is 22.8 Å². The second-order valence-electron chi connectivity index (χ2n) is 4.53. The van der Waals surface area contributed by atoms with Crippen molar-refractivity contribution in [2.45, 2.75) is 19.4 Å². The van der Waals surface area contributed by atoms with Crippen LogP contribution in [0.15, 0.2) is 22.8 Å². The van der Waals surface area contributed by atoms with E-state index in [0.29, 0.717) is 12.6 Å². The molecular formula is C11H15BrN4O. The van der Waals surface area contributed by atoms with Crippen LogP contribution in [0.5, 0.6) is 0 Å². The number of hydrogen-bond donors (Lipinski definition) is 1. The summed E-state index contributed by atoms with van der Waals surface area (Å²) in [6, 6.07) is 3.85. The van der Waals surface area contributed by atoms with Crippen LogP contribution in [0, 0.1) is 0 Å². The number of fused-ring (bicyclic) bond motifs is 1. The highest BCUT2D eigenvalue weighted by Gasteiger charge is 2.19. The van der Waals surface area contributed by atoms with Gasteiger partial charge < -0.3 is 10.1 Å². The van der Waals surface area contributed by atoms with Crippen molar-refractivity contribution >= 4 is 27.5 Å². The second-order valence-corrected chi connectivity index (χ2v) is 5.44. The Kier molecular flexibility index (Phi) is 3.35. The van der Waals surface area contributed by atoms with E-state index in [9.17, 15) is 0 Å². The van der Waals surface area contributed by atoms with Crippen molar-refractivity contribution in [2.75, 3.05) is 19.0 Å². The molecule has 2 aromatic heterocycles. The molecule has 0 unspecified atom stereocenters. The molecule has 0 spiro atoms. The highest BCUT2D eigenvalue weighted by atomic mass is 79.9. The molecule has 0 aliphatic carbocycles. The Morgan fingerprint density at radius 3 is 2.94 bits per heavy atom. The Bertz CT molecular complexity index is 523. The Labute approximate surface area is 108 Å². The van der Waals surface area contributed by atoms with Gasteiger partial charge in [0.1, 0.15) is 0 Å².